The Balaban J connectivity index is 1.42. The van der Waals surface area contributed by atoms with Gasteiger partial charge in [0.05, 0.1) is 7.11 Å². The van der Waals surface area contributed by atoms with Gasteiger partial charge in [-0.3, -0.25) is 4.79 Å². The van der Waals surface area contributed by atoms with Gasteiger partial charge in [0.2, 0.25) is 5.91 Å². The molecule has 2 fully saturated rings. The highest BCUT2D eigenvalue weighted by molar-refractivity contribution is 6.74. The van der Waals surface area contributed by atoms with Crippen molar-refractivity contribution in [3.8, 4) is 5.75 Å². The lowest BCUT2D eigenvalue weighted by atomic mass is 9.78. The summed E-state index contributed by atoms with van der Waals surface area (Å²) in [5.74, 6) is 2.40. The lowest BCUT2D eigenvalue weighted by molar-refractivity contribution is -0.124. The summed E-state index contributed by atoms with van der Waals surface area (Å²) in [6.45, 7) is 15.0. The summed E-state index contributed by atoms with van der Waals surface area (Å²) < 4.78 is 12.2. The molecular formula is C35H54N2O3Si. The minimum Gasteiger partial charge on any atom is -0.496 e. The van der Waals surface area contributed by atoms with E-state index in [0.717, 1.165) is 74.9 Å². The molecule has 226 valence electrons. The van der Waals surface area contributed by atoms with Crippen LogP contribution in [0, 0.1) is 18.8 Å². The minimum atomic E-state index is -1.81. The van der Waals surface area contributed by atoms with E-state index < -0.39 is 8.32 Å². The highest BCUT2D eigenvalue weighted by Crippen LogP contribution is 2.41. The smallest absolute Gasteiger partial charge is 0.230 e. The van der Waals surface area contributed by atoms with Crippen LogP contribution in [0.5, 0.6) is 5.75 Å². The SMILES string of the molecule is COc1ccc(C2CCC(CN(C(=O)C3CCC(O[Si](C)(C)C(C)(C)C)CC3)c3cccc(CN)c3)CC2)cc1C. The second kappa shape index (κ2) is 13.4. The van der Waals surface area contributed by atoms with E-state index in [-0.39, 0.29) is 23.0 Å². The Morgan fingerprint density at radius 1 is 0.976 bits per heavy atom. The van der Waals surface area contributed by atoms with E-state index in [1.807, 2.05) is 6.07 Å². The highest BCUT2D eigenvalue weighted by atomic mass is 28.4. The van der Waals surface area contributed by atoms with E-state index in [9.17, 15) is 4.79 Å². The van der Waals surface area contributed by atoms with E-state index in [1.54, 1.807) is 7.11 Å². The van der Waals surface area contributed by atoms with Crippen molar-refractivity contribution < 1.29 is 14.0 Å². The molecule has 41 heavy (non-hydrogen) atoms. The number of carbonyl (C=O) groups excluding carboxylic acids is 1. The lowest BCUT2D eigenvalue weighted by Gasteiger charge is -2.41. The van der Waals surface area contributed by atoms with Gasteiger partial charge in [0.1, 0.15) is 5.75 Å². The molecule has 1 amide bonds. The number of anilines is 1. The van der Waals surface area contributed by atoms with Gasteiger partial charge >= 0.3 is 0 Å². The number of ether oxygens (including phenoxy) is 1. The first-order valence-corrected chi connectivity index (χ1v) is 18.8. The van der Waals surface area contributed by atoms with Crippen LogP contribution in [0.4, 0.5) is 5.69 Å². The van der Waals surface area contributed by atoms with Crippen LogP contribution in [0.2, 0.25) is 18.1 Å². The van der Waals surface area contributed by atoms with Crippen LogP contribution in [0.15, 0.2) is 42.5 Å². The maximum absolute atomic E-state index is 14.2. The molecule has 4 rings (SSSR count). The molecule has 2 aromatic carbocycles. The highest BCUT2D eigenvalue weighted by Gasteiger charge is 2.41. The topological polar surface area (TPSA) is 64.8 Å². The largest absolute Gasteiger partial charge is 0.496 e. The van der Waals surface area contributed by atoms with Crippen molar-refractivity contribution in [2.24, 2.45) is 17.6 Å². The first-order chi connectivity index (χ1) is 19.4. The second-order valence-corrected chi connectivity index (χ2v) is 18.9. The number of amides is 1. The van der Waals surface area contributed by atoms with Crippen molar-refractivity contribution in [3.63, 3.8) is 0 Å². The Labute approximate surface area is 250 Å². The molecule has 2 saturated carbocycles. The third-order valence-electron chi connectivity index (χ3n) is 10.2. The summed E-state index contributed by atoms with van der Waals surface area (Å²) in [4.78, 5) is 16.3. The Morgan fingerprint density at radius 3 is 2.24 bits per heavy atom. The molecule has 0 aromatic heterocycles. The molecule has 5 nitrogen and oxygen atoms in total. The molecule has 2 aromatic rings. The number of methoxy groups -OCH3 is 1. The molecule has 0 heterocycles. The van der Waals surface area contributed by atoms with Crippen LogP contribution < -0.4 is 15.4 Å². The Bertz CT molecular complexity index is 1160. The molecule has 0 saturated heterocycles. The fraction of sp³-hybridized carbons (Fsp3) is 0.629. The van der Waals surface area contributed by atoms with Crippen LogP contribution >= 0.6 is 0 Å². The van der Waals surface area contributed by atoms with Crippen LogP contribution in [0.3, 0.4) is 0 Å². The summed E-state index contributed by atoms with van der Waals surface area (Å²) in [6, 6.07) is 14.9. The van der Waals surface area contributed by atoms with Gasteiger partial charge in [-0.15, -0.1) is 0 Å². The van der Waals surface area contributed by atoms with Gasteiger partial charge in [-0.2, -0.15) is 0 Å². The van der Waals surface area contributed by atoms with Crippen molar-refractivity contribution in [2.45, 2.75) is 116 Å². The molecule has 0 atom stereocenters. The zero-order valence-electron chi connectivity index (χ0n) is 26.7. The Morgan fingerprint density at radius 2 is 1.66 bits per heavy atom. The normalized spacial score (nSPS) is 23.7. The molecule has 0 spiro atoms. The fourth-order valence-corrected chi connectivity index (χ4v) is 7.93. The number of nitrogens with zero attached hydrogens (tertiary/aromatic N) is 1. The summed E-state index contributed by atoms with van der Waals surface area (Å²) in [6.07, 6.45) is 8.67. The van der Waals surface area contributed by atoms with E-state index in [1.165, 1.54) is 11.1 Å². The van der Waals surface area contributed by atoms with Gasteiger partial charge in [-0.1, -0.05) is 45.0 Å². The average molecular weight is 579 g/mol. The first kappa shape index (κ1) is 31.8. The van der Waals surface area contributed by atoms with E-state index >= 15 is 0 Å². The van der Waals surface area contributed by atoms with Crippen LogP contribution in [0.1, 0.15) is 94.7 Å². The first-order valence-electron chi connectivity index (χ1n) is 15.8. The van der Waals surface area contributed by atoms with Crippen LogP contribution in [0.25, 0.3) is 0 Å². The summed E-state index contributed by atoms with van der Waals surface area (Å²) >= 11 is 0. The average Bonchev–Trinajstić information content (AvgIpc) is 2.95. The molecule has 0 radical (unpaired) electrons. The molecule has 2 N–H and O–H groups in total. The van der Waals surface area contributed by atoms with Gasteiger partial charge < -0.3 is 19.8 Å². The number of hydrogen-bond donors (Lipinski definition) is 1. The fourth-order valence-electron chi connectivity index (χ4n) is 6.51. The standard InChI is InChI=1S/C35H54N2O3Si/c1-25-21-30(17-20-33(25)39-5)28-13-11-26(12-14-28)24-37(31-10-8-9-27(22-31)23-36)34(38)29-15-18-32(19-16-29)40-41(6,7)35(2,3)4/h8-10,17,20-22,26,28-29,32H,11-16,18-19,23-24,36H2,1-7H3. The maximum Gasteiger partial charge on any atom is 0.230 e. The van der Waals surface area contributed by atoms with Crippen LogP contribution in [-0.2, 0) is 15.8 Å². The van der Waals surface area contributed by atoms with Crippen molar-refractivity contribution in [2.75, 3.05) is 18.6 Å². The monoisotopic (exact) mass is 578 g/mol. The summed E-state index contributed by atoms with van der Waals surface area (Å²) in [7, 11) is -0.0735. The Hall–Kier alpha value is -2.15. The number of hydrogen-bond acceptors (Lipinski definition) is 4. The summed E-state index contributed by atoms with van der Waals surface area (Å²) in [5, 5.41) is 0.204. The molecule has 2 aliphatic carbocycles. The minimum absolute atomic E-state index is 0.0643. The molecule has 0 unspecified atom stereocenters. The van der Waals surface area contributed by atoms with Crippen LogP contribution in [-0.4, -0.2) is 34.0 Å². The molecular weight excluding hydrogens is 524 g/mol. The Kier molecular flexibility index (Phi) is 10.4. The van der Waals surface area contributed by atoms with Crippen molar-refractivity contribution >= 4 is 19.9 Å². The summed E-state index contributed by atoms with van der Waals surface area (Å²) in [5.41, 5.74) is 10.7. The van der Waals surface area contributed by atoms with Gasteiger partial charge in [-0.05, 0) is 123 Å². The number of aryl methyl sites for hydroxylation is 1. The van der Waals surface area contributed by atoms with Gasteiger partial charge in [0.25, 0.3) is 0 Å². The van der Waals surface area contributed by atoms with Gasteiger partial charge in [0, 0.05) is 30.8 Å². The maximum atomic E-state index is 14.2. The number of nitrogens with two attached hydrogens (primary N) is 1. The molecule has 0 bridgehead atoms. The van der Waals surface area contributed by atoms with Gasteiger partial charge in [-0.25, -0.2) is 0 Å². The van der Waals surface area contributed by atoms with E-state index in [2.05, 4.69) is 82.1 Å². The van der Waals surface area contributed by atoms with Crippen molar-refractivity contribution in [3.05, 3.63) is 59.2 Å². The predicted octanol–water partition coefficient (Wildman–Crippen LogP) is 8.35. The van der Waals surface area contributed by atoms with Gasteiger partial charge in [0.15, 0.2) is 8.32 Å². The van der Waals surface area contributed by atoms with Crippen molar-refractivity contribution in [1.29, 1.82) is 0 Å². The third-order valence-corrected chi connectivity index (χ3v) is 14.7. The zero-order valence-corrected chi connectivity index (χ0v) is 27.7. The quantitative estimate of drug-likeness (QED) is 0.304. The lowest BCUT2D eigenvalue weighted by Crippen LogP contribution is -2.46. The molecule has 2 aliphatic rings. The predicted molar refractivity (Wildman–Crippen MR) is 173 cm³/mol. The molecule has 0 aliphatic heterocycles. The number of benzene rings is 2. The van der Waals surface area contributed by atoms with E-state index in [0.29, 0.717) is 18.4 Å². The number of rotatable bonds is 9. The van der Waals surface area contributed by atoms with Crippen molar-refractivity contribution in [1.82, 2.24) is 0 Å². The van der Waals surface area contributed by atoms with E-state index in [4.69, 9.17) is 14.9 Å². The molecule has 6 heteroatoms. The number of carbonyl (C=O) groups is 1. The second-order valence-electron chi connectivity index (χ2n) is 14.1. The third kappa shape index (κ3) is 7.82. The zero-order chi connectivity index (χ0) is 29.8.